The Kier molecular flexibility index (Phi) is 3.75. The van der Waals surface area contributed by atoms with Crippen molar-refractivity contribution in [3.63, 3.8) is 0 Å². The number of aromatic nitrogens is 3. The van der Waals surface area contributed by atoms with Crippen LogP contribution in [-0.2, 0) is 10.0 Å². The van der Waals surface area contributed by atoms with E-state index in [2.05, 4.69) is 19.7 Å². The molecule has 2 rings (SSSR count). The third-order valence-electron chi connectivity index (χ3n) is 2.63. The van der Waals surface area contributed by atoms with Gasteiger partial charge in [-0.15, -0.1) is 11.3 Å². The van der Waals surface area contributed by atoms with E-state index in [0.29, 0.717) is 5.82 Å². The van der Waals surface area contributed by atoms with Crippen molar-refractivity contribution in [1.82, 2.24) is 19.7 Å². The second-order valence-corrected chi connectivity index (χ2v) is 7.28. The van der Waals surface area contributed by atoms with Crippen LogP contribution in [-0.4, -0.2) is 23.4 Å². The van der Waals surface area contributed by atoms with Crippen LogP contribution in [0.2, 0.25) is 0 Å². The highest BCUT2D eigenvalue weighted by molar-refractivity contribution is 7.89. The van der Waals surface area contributed by atoms with Crippen molar-refractivity contribution in [2.24, 2.45) is 0 Å². The lowest BCUT2D eigenvalue weighted by molar-refractivity contribution is 0.564. The van der Waals surface area contributed by atoms with Crippen molar-refractivity contribution in [3.8, 4) is 0 Å². The SMILES string of the molecule is Cc1ncc(S(=O)(=O)NC(C)c2sc(C)nc2C)[nH]1. The molecule has 0 radical (unpaired) electrons. The van der Waals surface area contributed by atoms with Gasteiger partial charge in [0.15, 0.2) is 5.03 Å². The molecule has 0 saturated heterocycles. The molecule has 2 aromatic heterocycles. The number of aromatic amines is 1. The maximum Gasteiger partial charge on any atom is 0.258 e. The Morgan fingerprint density at radius 3 is 2.53 bits per heavy atom. The highest BCUT2D eigenvalue weighted by Gasteiger charge is 2.22. The first kappa shape index (κ1) is 14.2. The van der Waals surface area contributed by atoms with Crippen molar-refractivity contribution in [2.75, 3.05) is 0 Å². The van der Waals surface area contributed by atoms with E-state index in [4.69, 9.17) is 0 Å². The van der Waals surface area contributed by atoms with E-state index in [1.807, 2.05) is 13.8 Å². The Bertz CT molecular complexity index is 687. The van der Waals surface area contributed by atoms with Crippen LogP contribution in [0.1, 0.15) is 34.4 Å². The fourth-order valence-electron chi connectivity index (χ4n) is 1.83. The Labute approximate surface area is 116 Å². The largest absolute Gasteiger partial charge is 0.332 e. The number of aryl methyl sites for hydroxylation is 3. The quantitative estimate of drug-likeness (QED) is 0.901. The molecule has 0 aliphatic carbocycles. The molecule has 0 aliphatic heterocycles. The summed E-state index contributed by atoms with van der Waals surface area (Å²) in [5.74, 6) is 0.567. The molecule has 1 atom stereocenters. The van der Waals surface area contributed by atoms with Crippen molar-refractivity contribution < 1.29 is 8.42 Å². The molecule has 0 aliphatic rings. The lowest BCUT2D eigenvalue weighted by Crippen LogP contribution is -2.27. The Hall–Kier alpha value is -1.25. The average molecular weight is 300 g/mol. The minimum absolute atomic E-state index is 0.0794. The third-order valence-corrected chi connectivity index (χ3v) is 5.34. The fourth-order valence-corrected chi connectivity index (χ4v) is 4.02. The van der Waals surface area contributed by atoms with E-state index < -0.39 is 10.0 Å². The Morgan fingerprint density at radius 1 is 1.37 bits per heavy atom. The average Bonchev–Trinajstić information content (AvgIpc) is 2.84. The number of sulfonamides is 1. The topological polar surface area (TPSA) is 87.7 Å². The van der Waals surface area contributed by atoms with E-state index in [0.717, 1.165) is 15.6 Å². The summed E-state index contributed by atoms with van der Waals surface area (Å²) >= 11 is 1.50. The summed E-state index contributed by atoms with van der Waals surface area (Å²) < 4.78 is 26.9. The number of nitrogens with zero attached hydrogens (tertiary/aromatic N) is 2. The highest BCUT2D eigenvalue weighted by atomic mass is 32.2. The second-order valence-electron chi connectivity index (χ2n) is 4.36. The normalized spacial score (nSPS) is 13.7. The molecular formula is C11H16N4O2S2. The molecular weight excluding hydrogens is 284 g/mol. The number of H-pyrrole nitrogens is 1. The first-order chi connectivity index (χ1) is 8.79. The summed E-state index contributed by atoms with van der Waals surface area (Å²) in [7, 11) is -3.58. The minimum atomic E-state index is -3.58. The van der Waals surface area contributed by atoms with Gasteiger partial charge in [0.2, 0.25) is 0 Å². The highest BCUT2D eigenvalue weighted by Crippen LogP contribution is 2.25. The van der Waals surface area contributed by atoms with E-state index in [1.165, 1.54) is 17.5 Å². The molecule has 19 heavy (non-hydrogen) atoms. The standard InChI is InChI=1S/C11H16N4O2S2/c1-6-11(18-9(4)13-6)7(2)15-19(16,17)10-5-12-8(3)14-10/h5,7,15H,1-4H3,(H,12,14). The van der Waals surface area contributed by atoms with E-state index >= 15 is 0 Å². The maximum atomic E-state index is 12.1. The zero-order valence-corrected chi connectivity index (χ0v) is 12.8. The molecule has 0 aromatic carbocycles. The third kappa shape index (κ3) is 3.02. The van der Waals surface area contributed by atoms with Gasteiger partial charge in [0.05, 0.1) is 22.9 Å². The molecule has 2 N–H and O–H groups in total. The van der Waals surface area contributed by atoms with Crippen molar-refractivity contribution >= 4 is 21.4 Å². The van der Waals surface area contributed by atoms with E-state index in [-0.39, 0.29) is 11.1 Å². The summed E-state index contributed by atoms with van der Waals surface area (Å²) in [5, 5.41) is 1.01. The summed E-state index contributed by atoms with van der Waals surface area (Å²) in [6.07, 6.45) is 1.31. The number of hydrogen-bond acceptors (Lipinski definition) is 5. The molecule has 6 nitrogen and oxygen atoms in total. The number of hydrogen-bond donors (Lipinski definition) is 2. The van der Waals surface area contributed by atoms with Gasteiger partial charge in [0, 0.05) is 4.88 Å². The van der Waals surface area contributed by atoms with Crippen molar-refractivity contribution in [2.45, 2.75) is 38.8 Å². The molecule has 2 heterocycles. The van der Waals surface area contributed by atoms with Gasteiger partial charge in [-0.05, 0) is 27.7 Å². The Morgan fingerprint density at radius 2 is 2.05 bits per heavy atom. The van der Waals surface area contributed by atoms with Crippen LogP contribution >= 0.6 is 11.3 Å². The molecule has 0 saturated carbocycles. The molecule has 2 aromatic rings. The van der Waals surface area contributed by atoms with Crippen LogP contribution < -0.4 is 4.72 Å². The van der Waals surface area contributed by atoms with E-state index in [1.54, 1.807) is 13.8 Å². The lowest BCUT2D eigenvalue weighted by Gasteiger charge is -2.12. The van der Waals surface area contributed by atoms with E-state index in [9.17, 15) is 8.42 Å². The fraction of sp³-hybridized carbons (Fsp3) is 0.455. The molecule has 0 amide bonds. The van der Waals surface area contributed by atoms with Crippen molar-refractivity contribution in [3.05, 3.63) is 27.6 Å². The zero-order chi connectivity index (χ0) is 14.2. The molecule has 0 spiro atoms. The number of imidazole rings is 1. The summed E-state index contributed by atoms with van der Waals surface area (Å²) in [6, 6.07) is -0.320. The van der Waals surface area contributed by atoms with Gasteiger partial charge in [-0.3, -0.25) is 0 Å². The molecule has 0 bridgehead atoms. The van der Waals surface area contributed by atoms with Gasteiger partial charge in [0.1, 0.15) is 5.82 Å². The van der Waals surface area contributed by atoms with Gasteiger partial charge >= 0.3 is 0 Å². The van der Waals surface area contributed by atoms with Gasteiger partial charge in [0.25, 0.3) is 10.0 Å². The van der Waals surface area contributed by atoms with Crippen LogP contribution in [0, 0.1) is 20.8 Å². The van der Waals surface area contributed by atoms with Gasteiger partial charge in [-0.25, -0.2) is 23.1 Å². The Balaban J connectivity index is 2.23. The number of nitrogens with one attached hydrogen (secondary N) is 2. The maximum absolute atomic E-state index is 12.1. The molecule has 0 fully saturated rings. The first-order valence-electron chi connectivity index (χ1n) is 5.77. The number of rotatable bonds is 4. The van der Waals surface area contributed by atoms with Crippen LogP contribution in [0.5, 0.6) is 0 Å². The second kappa shape index (κ2) is 5.03. The molecule has 1 unspecified atom stereocenters. The number of thiazole rings is 1. The minimum Gasteiger partial charge on any atom is -0.332 e. The van der Waals surface area contributed by atoms with Crippen LogP contribution in [0.25, 0.3) is 0 Å². The molecule has 8 heteroatoms. The smallest absolute Gasteiger partial charge is 0.258 e. The molecule has 104 valence electrons. The summed E-state index contributed by atoms with van der Waals surface area (Å²) in [4.78, 5) is 11.8. The van der Waals surface area contributed by atoms with Gasteiger partial charge in [-0.1, -0.05) is 0 Å². The van der Waals surface area contributed by atoms with Gasteiger partial charge < -0.3 is 4.98 Å². The monoisotopic (exact) mass is 300 g/mol. The summed E-state index contributed by atoms with van der Waals surface area (Å²) in [6.45, 7) is 7.30. The van der Waals surface area contributed by atoms with Crippen LogP contribution in [0.15, 0.2) is 11.2 Å². The predicted octanol–water partition coefficient (Wildman–Crippen LogP) is 1.83. The van der Waals surface area contributed by atoms with Crippen LogP contribution in [0.4, 0.5) is 0 Å². The lowest BCUT2D eigenvalue weighted by atomic mass is 10.2. The van der Waals surface area contributed by atoms with Gasteiger partial charge in [-0.2, -0.15) is 0 Å². The zero-order valence-electron chi connectivity index (χ0n) is 11.2. The van der Waals surface area contributed by atoms with Crippen LogP contribution in [0.3, 0.4) is 0 Å². The predicted molar refractivity (Wildman–Crippen MR) is 73.6 cm³/mol. The van der Waals surface area contributed by atoms with Crippen molar-refractivity contribution in [1.29, 1.82) is 0 Å². The summed E-state index contributed by atoms with van der Waals surface area (Å²) in [5.41, 5.74) is 0.860. The first-order valence-corrected chi connectivity index (χ1v) is 8.07.